The molecule has 35 heavy (non-hydrogen) atoms. The van der Waals surface area contributed by atoms with Crippen molar-refractivity contribution >= 4 is 29.9 Å². The first kappa shape index (κ1) is 22.9. The molecule has 0 spiro atoms. The lowest BCUT2D eigenvalue weighted by molar-refractivity contribution is -0.105. The van der Waals surface area contributed by atoms with Gasteiger partial charge in [0.1, 0.15) is 30.1 Å². The Bertz CT molecular complexity index is 1240. The van der Waals surface area contributed by atoms with Crippen LogP contribution < -0.4 is 15.5 Å². The van der Waals surface area contributed by atoms with Crippen LogP contribution in [0.25, 0.3) is 11.1 Å². The summed E-state index contributed by atoms with van der Waals surface area (Å²) >= 11 is 0. The van der Waals surface area contributed by atoms with Crippen LogP contribution >= 0.6 is 0 Å². The summed E-state index contributed by atoms with van der Waals surface area (Å²) in [4.78, 5) is 15.5. The van der Waals surface area contributed by atoms with E-state index in [9.17, 15) is 15.0 Å². The number of amides is 1. The van der Waals surface area contributed by atoms with E-state index < -0.39 is 24.5 Å². The third-order valence-electron chi connectivity index (χ3n) is 6.27. The molecule has 3 aromatic rings. The number of rotatable bonds is 7. The lowest BCUT2D eigenvalue weighted by Crippen LogP contribution is -2.31. The molecule has 182 valence electrons. The summed E-state index contributed by atoms with van der Waals surface area (Å²) in [5, 5.41) is 25.4. The van der Waals surface area contributed by atoms with Gasteiger partial charge in [-0.1, -0.05) is 18.2 Å². The number of aliphatic imine (C=N–C) groups is 1. The van der Waals surface area contributed by atoms with Gasteiger partial charge >= 0.3 is 0 Å². The summed E-state index contributed by atoms with van der Waals surface area (Å²) in [5.41, 5.74) is 7.56. The van der Waals surface area contributed by atoms with Crippen molar-refractivity contribution in [3.63, 3.8) is 0 Å². The molecular weight excluding hydrogens is 450 g/mol. The van der Waals surface area contributed by atoms with Gasteiger partial charge in [-0.3, -0.25) is 15.2 Å². The molecule has 10 nitrogen and oxygen atoms in total. The van der Waals surface area contributed by atoms with E-state index >= 15 is 0 Å². The number of methoxy groups -OCH3 is 1. The van der Waals surface area contributed by atoms with Gasteiger partial charge in [0.25, 0.3) is 0 Å². The molecule has 4 atom stereocenters. The zero-order chi connectivity index (χ0) is 24.5. The van der Waals surface area contributed by atoms with E-state index in [-0.39, 0.29) is 0 Å². The fraction of sp³-hybridized carbons (Fsp3) is 0.280. The Morgan fingerprint density at radius 3 is 2.60 bits per heavy atom. The van der Waals surface area contributed by atoms with E-state index in [1.165, 1.54) is 0 Å². The molecule has 5 rings (SSSR count). The minimum Gasteiger partial charge on any atom is -0.497 e. The fourth-order valence-electron chi connectivity index (χ4n) is 4.44. The number of benzene rings is 2. The minimum absolute atomic E-state index is 0.472. The molecule has 2 aliphatic rings. The Balaban J connectivity index is 1.50. The van der Waals surface area contributed by atoms with Gasteiger partial charge in [-0.25, -0.2) is 4.99 Å². The number of ether oxygens (including phenoxy) is 2. The van der Waals surface area contributed by atoms with Gasteiger partial charge in [-0.2, -0.15) is 0 Å². The largest absolute Gasteiger partial charge is 0.497 e. The second-order valence-corrected chi connectivity index (χ2v) is 8.52. The van der Waals surface area contributed by atoms with E-state index in [0.29, 0.717) is 24.5 Å². The van der Waals surface area contributed by atoms with E-state index in [2.05, 4.69) is 15.7 Å². The molecule has 10 heteroatoms. The van der Waals surface area contributed by atoms with E-state index in [4.69, 9.17) is 9.47 Å². The number of hydrazine groups is 1. The highest BCUT2D eigenvalue weighted by molar-refractivity contribution is 5.78. The van der Waals surface area contributed by atoms with Crippen molar-refractivity contribution in [2.45, 2.75) is 38.0 Å². The maximum atomic E-state index is 10.8. The molecule has 1 saturated heterocycles. The number of aromatic nitrogens is 1. The van der Waals surface area contributed by atoms with Crippen LogP contribution in [0, 0.1) is 0 Å². The smallest absolute Gasteiger partial charge is 0.211 e. The predicted molar refractivity (Wildman–Crippen MR) is 131 cm³/mol. The summed E-state index contributed by atoms with van der Waals surface area (Å²) in [6.45, 7) is 2.20. The van der Waals surface area contributed by atoms with Crippen LogP contribution in [0.2, 0.25) is 0 Å². The molecule has 1 fully saturated rings. The first-order valence-corrected chi connectivity index (χ1v) is 11.3. The summed E-state index contributed by atoms with van der Waals surface area (Å²) in [7, 11) is 1.62. The molecule has 1 aromatic heterocycles. The van der Waals surface area contributed by atoms with Crippen molar-refractivity contribution < 1.29 is 24.5 Å². The van der Waals surface area contributed by atoms with Crippen LogP contribution in [0.4, 0.5) is 17.2 Å². The van der Waals surface area contributed by atoms with Crippen LogP contribution in [0.3, 0.4) is 0 Å². The normalized spacial score (nSPS) is 23.1. The highest BCUT2D eigenvalue weighted by Crippen LogP contribution is 2.41. The number of nitrogens with zero attached hydrogens (tertiary/aromatic N) is 3. The number of hydrogen-bond acceptors (Lipinski definition) is 8. The number of carbonyl (C=O) groups is 1. The van der Waals surface area contributed by atoms with Gasteiger partial charge in [0.2, 0.25) is 6.41 Å². The second-order valence-electron chi connectivity index (χ2n) is 8.52. The summed E-state index contributed by atoms with van der Waals surface area (Å²) in [6.07, 6.45) is 0.872. The second kappa shape index (κ2) is 9.41. The Morgan fingerprint density at radius 1 is 1.14 bits per heavy atom. The van der Waals surface area contributed by atoms with Crippen molar-refractivity contribution in [3.05, 3.63) is 60.3 Å². The first-order valence-electron chi connectivity index (χ1n) is 11.3. The minimum atomic E-state index is -1.08. The van der Waals surface area contributed by atoms with Gasteiger partial charge in [-0.15, -0.1) is 0 Å². The van der Waals surface area contributed by atoms with Gasteiger partial charge in [-0.05, 0) is 42.8 Å². The number of aliphatic hydroxyl groups is 2. The van der Waals surface area contributed by atoms with Crippen LogP contribution in [-0.4, -0.2) is 58.0 Å². The molecule has 0 saturated carbocycles. The lowest BCUT2D eigenvalue weighted by Gasteiger charge is -2.26. The standard InChI is InChI=1S/C25H27N5O5/c1-15-22(32)23(33)25(35-15)30-12-20(16-6-8-19(34-2)9-7-16)21-11-29(13-26-24(21)30)28-18-5-3-4-17(10-18)27-14-31/h3-10,12-15,22-23,25,28,32-33H,11H2,1-2H3,(H,27,31)/t15-,22-,23-,25-/m1/s1. The van der Waals surface area contributed by atoms with Crippen LogP contribution in [0.15, 0.2) is 59.7 Å². The number of carbonyl (C=O) groups excluding carboxylic acids is 1. The fourth-order valence-corrected chi connectivity index (χ4v) is 4.44. The van der Waals surface area contributed by atoms with Crippen molar-refractivity contribution in [3.8, 4) is 16.9 Å². The maximum Gasteiger partial charge on any atom is 0.211 e. The van der Waals surface area contributed by atoms with E-state index in [1.807, 2.05) is 53.7 Å². The van der Waals surface area contributed by atoms with Crippen LogP contribution in [-0.2, 0) is 16.1 Å². The molecule has 0 unspecified atom stereocenters. The number of fused-ring (bicyclic) bond motifs is 1. The highest BCUT2D eigenvalue weighted by Gasteiger charge is 2.42. The Hall–Kier alpha value is -3.86. The van der Waals surface area contributed by atoms with Crippen molar-refractivity contribution in [2.75, 3.05) is 17.9 Å². The lowest BCUT2D eigenvalue weighted by atomic mass is 10.0. The number of anilines is 2. The SMILES string of the molecule is COc1ccc(-c2cn([C@@H]3O[C@H](C)[C@@H](O)[C@H]3O)c3c2CN(Nc2cccc(NC=O)c2)C=N3)cc1. The molecular formula is C25H27N5O5. The predicted octanol–water partition coefficient (Wildman–Crippen LogP) is 2.87. The van der Waals surface area contributed by atoms with Gasteiger partial charge in [0.15, 0.2) is 6.23 Å². The molecule has 3 heterocycles. The average Bonchev–Trinajstić information content (AvgIpc) is 3.36. The quantitative estimate of drug-likeness (QED) is 0.386. The molecule has 0 radical (unpaired) electrons. The molecule has 4 N–H and O–H groups in total. The molecule has 1 amide bonds. The van der Waals surface area contributed by atoms with E-state index in [1.54, 1.807) is 31.0 Å². The Morgan fingerprint density at radius 2 is 1.91 bits per heavy atom. The van der Waals surface area contributed by atoms with Crippen molar-refractivity contribution in [2.24, 2.45) is 4.99 Å². The summed E-state index contributed by atoms with van der Waals surface area (Å²) < 4.78 is 13.0. The van der Waals surface area contributed by atoms with Gasteiger partial charge in [0, 0.05) is 23.0 Å². The van der Waals surface area contributed by atoms with Crippen LogP contribution in [0.1, 0.15) is 18.7 Å². The first-order chi connectivity index (χ1) is 17.0. The van der Waals surface area contributed by atoms with E-state index in [0.717, 1.165) is 28.1 Å². The van der Waals surface area contributed by atoms with Crippen molar-refractivity contribution in [1.29, 1.82) is 0 Å². The van der Waals surface area contributed by atoms with Gasteiger partial charge < -0.3 is 29.6 Å². The monoisotopic (exact) mass is 477 g/mol. The third kappa shape index (κ3) is 4.34. The number of aliphatic hydroxyl groups excluding tert-OH is 2. The summed E-state index contributed by atoms with van der Waals surface area (Å²) in [5.74, 6) is 1.40. The molecule has 2 aromatic carbocycles. The zero-order valence-corrected chi connectivity index (χ0v) is 19.3. The number of hydrogen-bond donors (Lipinski definition) is 4. The number of nitrogens with one attached hydrogen (secondary N) is 2. The van der Waals surface area contributed by atoms with Crippen molar-refractivity contribution in [1.82, 2.24) is 9.58 Å². The third-order valence-corrected chi connectivity index (χ3v) is 6.27. The average molecular weight is 478 g/mol. The molecule has 0 aliphatic carbocycles. The maximum absolute atomic E-state index is 10.8. The van der Waals surface area contributed by atoms with Gasteiger partial charge in [0.05, 0.1) is 25.4 Å². The van der Waals surface area contributed by atoms with Crippen LogP contribution in [0.5, 0.6) is 5.75 Å². The Kier molecular flexibility index (Phi) is 6.16. The topological polar surface area (TPSA) is 121 Å². The highest BCUT2D eigenvalue weighted by atomic mass is 16.6. The zero-order valence-electron chi connectivity index (χ0n) is 19.3. The molecule has 2 aliphatic heterocycles. The molecule has 0 bridgehead atoms. The Labute approximate surface area is 202 Å². The summed E-state index contributed by atoms with van der Waals surface area (Å²) in [6, 6.07) is 15.1.